The van der Waals surface area contributed by atoms with Crippen molar-refractivity contribution < 1.29 is 13.5 Å². The molecule has 0 radical (unpaired) electrons. The molecule has 2 heterocycles. The van der Waals surface area contributed by atoms with Gasteiger partial charge in [0.2, 0.25) is 0 Å². The molecule has 4 aromatic rings. The number of nitrogens with one attached hydrogen (secondary N) is 1. The fraction of sp³-hybridized carbons (Fsp3) is 0.120. The molecule has 1 unspecified atom stereocenters. The van der Waals surface area contributed by atoms with Gasteiger partial charge in [0.25, 0.3) is 10.0 Å². The van der Waals surface area contributed by atoms with Gasteiger partial charge in [0.05, 0.1) is 10.6 Å². The Hall–Kier alpha value is -2.98. The predicted molar refractivity (Wildman–Crippen MR) is 140 cm³/mol. The van der Waals surface area contributed by atoms with Crippen LogP contribution in [0.15, 0.2) is 96.2 Å². The lowest BCUT2D eigenvalue weighted by Gasteiger charge is -2.34. The number of rotatable bonds is 6. The van der Waals surface area contributed by atoms with Crippen LogP contribution < -0.4 is 4.72 Å². The number of fused-ring (bicyclic) bond motifs is 1. The molecule has 34 heavy (non-hydrogen) atoms. The van der Waals surface area contributed by atoms with Gasteiger partial charge in [-0.25, -0.2) is 8.42 Å². The van der Waals surface area contributed by atoms with Crippen molar-refractivity contribution in [3.8, 4) is 0 Å². The fourth-order valence-electron chi connectivity index (χ4n) is 4.02. The Morgan fingerprint density at radius 3 is 2.56 bits per heavy atom. The number of anilines is 1. The van der Waals surface area contributed by atoms with Gasteiger partial charge in [-0.2, -0.15) is 0 Å². The van der Waals surface area contributed by atoms with Gasteiger partial charge in [0.15, 0.2) is 5.72 Å². The summed E-state index contributed by atoms with van der Waals surface area (Å²) in [6, 6.07) is 23.1. The Bertz CT molecular complexity index is 1460. The van der Waals surface area contributed by atoms with Gasteiger partial charge in [-0.1, -0.05) is 78.6 Å². The molecular formula is C25H21N3O3S3. The first-order chi connectivity index (χ1) is 16.4. The minimum atomic E-state index is -3.80. The van der Waals surface area contributed by atoms with Crippen LogP contribution in [-0.2, 0) is 22.3 Å². The van der Waals surface area contributed by atoms with E-state index in [1.807, 2.05) is 36.4 Å². The molecule has 0 spiro atoms. The first-order valence-electron chi connectivity index (χ1n) is 10.5. The highest BCUT2D eigenvalue weighted by atomic mass is 32.2. The molecule has 9 heteroatoms. The Morgan fingerprint density at radius 2 is 1.79 bits per heavy atom. The van der Waals surface area contributed by atoms with Crippen molar-refractivity contribution in [2.75, 3.05) is 10.5 Å². The average molecular weight is 508 g/mol. The SMILES string of the molecule is O=S(=O)(Nc1ccc(C2(O)CSC(=S)N2Cc2cccnc2)cc1)c1cccc2ccccc12. The second kappa shape index (κ2) is 8.99. The highest BCUT2D eigenvalue weighted by molar-refractivity contribution is 8.23. The van der Waals surface area contributed by atoms with Gasteiger partial charge < -0.3 is 10.0 Å². The summed E-state index contributed by atoms with van der Waals surface area (Å²) in [6.07, 6.45) is 3.45. The maximum atomic E-state index is 13.1. The smallest absolute Gasteiger partial charge is 0.262 e. The first kappa shape index (κ1) is 22.8. The Balaban J connectivity index is 1.40. The van der Waals surface area contributed by atoms with E-state index in [9.17, 15) is 13.5 Å². The van der Waals surface area contributed by atoms with Crippen molar-refractivity contribution in [3.63, 3.8) is 0 Å². The fourth-order valence-corrected chi connectivity index (χ4v) is 6.72. The van der Waals surface area contributed by atoms with E-state index in [0.717, 1.165) is 10.9 Å². The van der Waals surface area contributed by atoms with Gasteiger partial charge >= 0.3 is 0 Å². The van der Waals surface area contributed by atoms with Crippen molar-refractivity contribution >= 4 is 54.8 Å². The van der Waals surface area contributed by atoms with Crippen LogP contribution in [0.2, 0.25) is 0 Å². The van der Waals surface area contributed by atoms with Crippen molar-refractivity contribution in [2.45, 2.75) is 17.2 Å². The highest BCUT2D eigenvalue weighted by Gasteiger charge is 2.44. The predicted octanol–water partition coefficient (Wildman–Crippen LogP) is 4.71. The second-order valence-corrected chi connectivity index (χ2v) is 11.2. The van der Waals surface area contributed by atoms with Crippen LogP contribution in [0.25, 0.3) is 10.8 Å². The lowest BCUT2D eigenvalue weighted by molar-refractivity contribution is -0.0508. The lowest BCUT2D eigenvalue weighted by Crippen LogP contribution is -2.44. The minimum Gasteiger partial charge on any atom is -0.366 e. The van der Waals surface area contributed by atoms with Crippen LogP contribution in [0.1, 0.15) is 11.1 Å². The van der Waals surface area contributed by atoms with Crippen LogP contribution >= 0.6 is 24.0 Å². The number of aromatic nitrogens is 1. The number of pyridine rings is 1. The Morgan fingerprint density at radius 1 is 1.03 bits per heavy atom. The number of benzene rings is 3. The van der Waals surface area contributed by atoms with Gasteiger partial charge in [-0.3, -0.25) is 9.71 Å². The van der Waals surface area contributed by atoms with Crippen molar-refractivity contribution in [3.05, 3.63) is 102 Å². The standard InChI is InChI=1S/C25H21N3O3S3/c29-25(17-33-24(32)28(25)16-18-5-4-14-26-15-18)20-10-12-21(13-11-20)27-34(30,31)23-9-3-7-19-6-1-2-8-22(19)23/h1-15,27,29H,16-17H2. The Kier molecular flexibility index (Phi) is 6.03. The number of sulfonamides is 1. The maximum Gasteiger partial charge on any atom is 0.262 e. The third-order valence-electron chi connectivity index (χ3n) is 5.77. The molecule has 3 aromatic carbocycles. The number of aliphatic hydroxyl groups is 1. The molecule has 1 aliphatic heterocycles. The van der Waals surface area contributed by atoms with Gasteiger partial charge in [0.1, 0.15) is 4.32 Å². The van der Waals surface area contributed by atoms with Gasteiger partial charge in [0, 0.05) is 35.6 Å². The molecule has 1 atom stereocenters. The molecule has 0 bridgehead atoms. The van der Waals surface area contributed by atoms with Crippen LogP contribution in [0.4, 0.5) is 5.69 Å². The quantitative estimate of drug-likeness (QED) is 0.366. The van der Waals surface area contributed by atoms with Crippen molar-refractivity contribution in [1.82, 2.24) is 9.88 Å². The molecule has 1 saturated heterocycles. The molecule has 1 fully saturated rings. The molecule has 1 aromatic heterocycles. The summed E-state index contributed by atoms with van der Waals surface area (Å²) in [4.78, 5) is 6.13. The van der Waals surface area contributed by atoms with Crippen molar-refractivity contribution in [2.24, 2.45) is 0 Å². The third kappa shape index (κ3) is 4.27. The molecule has 6 nitrogen and oxygen atoms in total. The van der Waals surface area contributed by atoms with E-state index in [4.69, 9.17) is 12.2 Å². The summed E-state index contributed by atoms with van der Waals surface area (Å²) in [5, 5.41) is 13.0. The van der Waals surface area contributed by atoms with Crippen LogP contribution in [0, 0.1) is 0 Å². The monoisotopic (exact) mass is 507 g/mol. The van der Waals surface area contributed by atoms with E-state index in [0.29, 0.717) is 33.3 Å². The van der Waals surface area contributed by atoms with Gasteiger partial charge in [-0.05, 0) is 35.2 Å². The Labute approximate surface area is 207 Å². The van der Waals surface area contributed by atoms with Crippen LogP contribution in [0.5, 0.6) is 0 Å². The molecule has 0 saturated carbocycles. The van der Waals surface area contributed by atoms with Gasteiger partial charge in [-0.15, -0.1) is 0 Å². The number of hydrogen-bond acceptors (Lipinski definition) is 6. The second-order valence-electron chi connectivity index (χ2n) is 7.98. The third-order valence-corrected chi connectivity index (χ3v) is 8.79. The van der Waals surface area contributed by atoms with E-state index in [2.05, 4.69) is 9.71 Å². The summed E-state index contributed by atoms with van der Waals surface area (Å²) in [5.41, 5.74) is 0.680. The van der Waals surface area contributed by atoms with Crippen molar-refractivity contribution in [1.29, 1.82) is 0 Å². The molecule has 172 valence electrons. The summed E-state index contributed by atoms with van der Waals surface area (Å²) < 4.78 is 29.5. The summed E-state index contributed by atoms with van der Waals surface area (Å²) in [5.74, 6) is 0.382. The first-order valence-corrected chi connectivity index (χ1v) is 13.4. The minimum absolute atomic E-state index is 0.216. The molecular weight excluding hydrogens is 486 g/mol. The number of hydrogen-bond donors (Lipinski definition) is 2. The molecule has 1 aliphatic rings. The summed E-state index contributed by atoms with van der Waals surface area (Å²) in [7, 11) is -3.80. The average Bonchev–Trinajstić information content (AvgIpc) is 3.14. The van der Waals surface area contributed by atoms with E-state index >= 15 is 0 Å². The largest absolute Gasteiger partial charge is 0.366 e. The van der Waals surface area contributed by atoms with E-state index in [1.54, 1.807) is 59.8 Å². The normalized spacial score (nSPS) is 18.4. The molecule has 5 rings (SSSR count). The zero-order valence-electron chi connectivity index (χ0n) is 18.0. The zero-order chi connectivity index (χ0) is 23.8. The molecule has 2 N–H and O–H groups in total. The highest BCUT2D eigenvalue weighted by Crippen LogP contribution is 2.40. The maximum absolute atomic E-state index is 13.1. The van der Waals surface area contributed by atoms with Crippen LogP contribution in [-0.4, -0.2) is 33.5 Å². The molecule has 0 amide bonds. The topological polar surface area (TPSA) is 82.5 Å². The number of thiocarbonyl (C=S) groups is 1. The van der Waals surface area contributed by atoms with E-state index in [-0.39, 0.29) is 4.90 Å². The van der Waals surface area contributed by atoms with E-state index < -0.39 is 15.7 Å². The summed E-state index contributed by atoms with van der Waals surface area (Å²) in [6.45, 7) is 0.422. The zero-order valence-corrected chi connectivity index (χ0v) is 20.4. The van der Waals surface area contributed by atoms with Crippen LogP contribution in [0.3, 0.4) is 0 Å². The lowest BCUT2D eigenvalue weighted by atomic mass is 10.0. The van der Waals surface area contributed by atoms with E-state index in [1.165, 1.54) is 11.8 Å². The number of nitrogens with zero attached hydrogens (tertiary/aromatic N) is 2. The number of thioether (sulfide) groups is 1. The summed E-state index contributed by atoms with van der Waals surface area (Å²) >= 11 is 6.91. The molecule has 0 aliphatic carbocycles.